The van der Waals surface area contributed by atoms with Gasteiger partial charge in [0.05, 0.1) is 22.1 Å². The van der Waals surface area contributed by atoms with Gasteiger partial charge in [-0.1, -0.05) is 18.2 Å². The van der Waals surface area contributed by atoms with Gasteiger partial charge in [-0.15, -0.1) is 0 Å². The van der Waals surface area contributed by atoms with Crippen LogP contribution in [-0.2, 0) is 11.8 Å². The van der Waals surface area contributed by atoms with Gasteiger partial charge in [0, 0.05) is 81.1 Å². The molecule has 0 atom stereocenters. The first-order valence-corrected chi connectivity index (χ1v) is 19.9. The number of likely N-dealkylation sites (tertiary alicyclic amines) is 1. The van der Waals surface area contributed by atoms with Crippen LogP contribution in [0.3, 0.4) is 0 Å². The second kappa shape index (κ2) is 14.7. The summed E-state index contributed by atoms with van der Waals surface area (Å²) < 4.78 is 16.8. The number of aromatic nitrogens is 3. The van der Waals surface area contributed by atoms with Crippen molar-refractivity contribution in [2.75, 3.05) is 67.1 Å². The number of H-pyrrole nitrogens is 1. The lowest BCUT2D eigenvalue weighted by molar-refractivity contribution is -0.120. The molecule has 4 saturated heterocycles. The van der Waals surface area contributed by atoms with Crippen molar-refractivity contribution >= 4 is 50.8 Å². The molecule has 5 aromatic rings. The standard InChI is InChI=1S/C43H48FN9O2/c1-49-38(24-32-4-7-34(25-39(32)49)53-23-16-40(54)46-43(53)55)31-12-17-50(18-13-31)27-28-10-19-51(20-11-28)33-5-2-29(3-6-33)30-14-21-52(22-15-30)37-9-8-35(44)41-36(26-45)47-48-42(37)41/h2-9,24-25,28,30-31H,10-23,27H2,1H3,(H,47,48)(H,46,54,55). The van der Waals surface area contributed by atoms with E-state index in [1.165, 1.54) is 47.8 Å². The molecule has 0 spiro atoms. The highest BCUT2D eigenvalue weighted by molar-refractivity contribution is 6.06. The molecule has 2 N–H and O–H groups in total. The van der Waals surface area contributed by atoms with E-state index in [0.717, 1.165) is 87.8 Å². The summed E-state index contributed by atoms with van der Waals surface area (Å²) in [7, 11) is 2.14. The molecule has 0 aliphatic carbocycles. The highest BCUT2D eigenvalue weighted by Crippen LogP contribution is 2.37. The Labute approximate surface area is 320 Å². The number of benzene rings is 3. The third kappa shape index (κ3) is 6.79. The predicted molar refractivity (Wildman–Crippen MR) is 213 cm³/mol. The molecule has 55 heavy (non-hydrogen) atoms. The summed E-state index contributed by atoms with van der Waals surface area (Å²) in [5.74, 6) is 1.11. The third-order valence-electron chi connectivity index (χ3n) is 12.9. The lowest BCUT2D eigenvalue weighted by Gasteiger charge is -2.38. The zero-order chi connectivity index (χ0) is 37.6. The van der Waals surface area contributed by atoms with E-state index in [1.807, 2.05) is 12.1 Å². The Morgan fingerprint density at radius 3 is 2.25 bits per heavy atom. The number of rotatable bonds is 7. The number of nitriles is 1. The number of aromatic amines is 1. The van der Waals surface area contributed by atoms with E-state index in [9.17, 15) is 19.2 Å². The minimum absolute atomic E-state index is 0.105. The van der Waals surface area contributed by atoms with Crippen molar-refractivity contribution in [2.45, 2.75) is 56.8 Å². The van der Waals surface area contributed by atoms with Gasteiger partial charge in [0.2, 0.25) is 5.91 Å². The Morgan fingerprint density at radius 2 is 1.53 bits per heavy atom. The summed E-state index contributed by atoms with van der Waals surface area (Å²) in [6, 6.07) is 22.7. The van der Waals surface area contributed by atoms with Gasteiger partial charge in [-0.25, -0.2) is 9.18 Å². The smallest absolute Gasteiger partial charge is 0.328 e. The molecular weight excluding hydrogens is 694 g/mol. The summed E-state index contributed by atoms with van der Waals surface area (Å²) in [6.45, 7) is 7.77. The topological polar surface area (TPSA) is 117 Å². The van der Waals surface area contributed by atoms with Crippen LogP contribution < -0.4 is 20.0 Å². The van der Waals surface area contributed by atoms with Crippen molar-refractivity contribution < 1.29 is 14.0 Å². The molecule has 0 bridgehead atoms. The average Bonchev–Trinajstić information content (AvgIpc) is 3.80. The van der Waals surface area contributed by atoms with Crippen molar-refractivity contribution in [1.29, 1.82) is 5.26 Å². The van der Waals surface area contributed by atoms with E-state index in [-0.39, 0.29) is 23.0 Å². The normalized spacial score (nSPS) is 19.8. The zero-order valence-electron chi connectivity index (χ0n) is 31.4. The predicted octanol–water partition coefficient (Wildman–Crippen LogP) is 6.99. The second-order valence-corrected chi connectivity index (χ2v) is 16.0. The van der Waals surface area contributed by atoms with Gasteiger partial charge in [-0.3, -0.25) is 20.1 Å². The van der Waals surface area contributed by atoms with Gasteiger partial charge >= 0.3 is 6.03 Å². The van der Waals surface area contributed by atoms with Crippen LogP contribution >= 0.6 is 0 Å². The highest BCUT2D eigenvalue weighted by atomic mass is 19.1. The molecule has 3 aromatic carbocycles. The summed E-state index contributed by atoms with van der Waals surface area (Å²) >= 11 is 0. The molecule has 4 fully saturated rings. The van der Waals surface area contributed by atoms with Crippen LogP contribution in [0.4, 0.5) is 26.2 Å². The highest BCUT2D eigenvalue weighted by Gasteiger charge is 2.29. The fourth-order valence-corrected chi connectivity index (χ4v) is 9.69. The van der Waals surface area contributed by atoms with Crippen molar-refractivity contribution in [3.05, 3.63) is 83.4 Å². The van der Waals surface area contributed by atoms with Gasteiger partial charge in [0.1, 0.15) is 11.9 Å². The molecule has 0 unspecified atom stereocenters. The van der Waals surface area contributed by atoms with E-state index < -0.39 is 5.82 Å². The van der Waals surface area contributed by atoms with E-state index >= 15 is 0 Å². The fourth-order valence-electron chi connectivity index (χ4n) is 9.69. The van der Waals surface area contributed by atoms with E-state index in [2.05, 4.69) is 84.3 Å². The molecule has 3 amide bonds. The molecule has 9 rings (SSSR count). The SMILES string of the molecule is Cn1c(C2CCN(CC3CCN(c4ccc(C5CCN(c6ccc(F)c7c(C#N)n[nH]c67)CC5)cc4)CC3)CC2)cc2ccc(N3CCC(=O)NC3=O)cc21. The number of halogens is 1. The van der Waals surface area contributed by atoms with E-state index in [4.69, 9.17) is 0 Å². The Kier molecular flexibility index (Phi) is 9.42. The van der Waals surface area contributed by atoms with Gasteiger partial charge < -0.3 is 19.3 Å². The van der Waals surface area contributed by atoms with Gasteiger partial charge in [-0.2, -0.15) is 10.4 Å². The number of aryl methyl sites for hydroxylation is 1. The number of nitrogens with one attached hydrogen (secondary N) is 2. The van der Waals surface area contributed by atoms with Crippen LogP contribution in [0.25, 0.3) is 21.8 Å². The lowest BCUT2D eigenvalue weighted by Crippen LogP contribution is -2.49. The molecule has 11 nitrogen and oxygen atoms in total. The number of anilines is 3. The molecule has 4 aliphatic heterocycles. The van der Waals surface area contributed by atoms with Gasteiger partial charge in [-0.05, 0) is 111 Å². The lowest BCUT2D eigenvalue weighted by atomic mass is 9.88. The van der Waals surface area contributed by atoms with Gasteiger partial charge in [0.25, 0.3) is 0 Å². The first-order valence-electron chi connectivity index (χ1n) is 19.9. The number of fused-ring (bicyclic) bond motifs is 2. The summed E-state index contributed by atoms with van der Waals surface area (Å²) in [6.07, 6.45) is 7.11. The van der Waals surface area contributed by atoms with Crippen molar-refractivity contribution in [1.82, 2.24) is 25.0 Å². The quantitative estimate of drug-likeness (QED) is 0.185. The van der Waals surface area contributed by atoms with Crippen LogP contribution in [0.2, 0.25) is 0 Å². The number of imide groups is 1. The number of piperidine rings is 3. The Bertz CT molecular complexity index is 2270. The van der Waals surface area contributed by atoms with E-state index in [0.29, 0.717) is 30.3 Å². The van der Waals surface area contributed by atoms with Crippen molar-refractivity contribution in [3.8, 4) is 6.07 Å². The average molecular weight is 742 g/mol. The van der Waals surface area contributed by atoms with Crippen LogP contribution in [0, 0.1) is 23.1 Å². The summed E-state index contributed by atoms with van der Waals surface area (Å²) in [4.78, 5) is 33.3. The van der Waals surface area contributed by atoms with Crippen LogP contribution in [-0.4, -0.2) is 84.0 Å². The summed E-state index contributed by atoms with van der Waals surface area (Å²) in [5, 5.41) is 20.2. The van der Waals surface area contributed by atoms with Crippen LogP contribution in [0.15, 0.2) is 60.7 Å². The number of nitrogens with zero attached hydrogens (tertiary/aromatic N) is 7. The molecule has 0 radical (unpaired) electrons. The van der Waals surface area contributed by atoms with Crippen LogP contribution in [0.5, 0.6) is 0 Å². The Balaban J connectivity index is 0.740. The van der Waals surface area contributed by atoms with Crippen molar-refractivity contribution in [2.24, 2.45) is 13.0 Å². The third-order valence-corrected chi connectivity index (χ3v) is 12.9. The monoisotopic (exact) mass is 741 g/mol. The number of carbonyl (C=O) groups is 2. The molecule has 12 heteroatoms. The number of urea groups is 1. The summed E-state index contributed by atoms with van der Waals surface area (Å²) in [5.41, 5.74) is 7.65. The largest absolute Gasteiger partial charge is 0.372 e. The maximum atomic E-state index is 14.5. The van der Waals surface area contributed by atoms with E-state index in [1.54, 1.807) is 11.0 Å². The second-order valence-electron chi connectivity index (χ2n) is 16.0. The molecule has 0 saturated carbocycles. The first kappa shape index (κ1) is 35.3. The molecule has 4 aliphatic rings. The number of amides is 3. The minimum Gasteiger partial charge on any atom is -0.372 e. The minimum atomic E-state index is -0.414. The Hall–Kier alpha value is -5.41. The fraction of sp³-hybridized carbons (Fsp3) is 0.442. The van der Waals surface area contributed by atoms with Gasteiger partial charge in [0.15, 0.2) is 5.69 Å². The van der Waals surface area contributed by atoms with Crippen LogP contribution in [0.1, 0.15) is 73.7 Å². The maximum absolute atomic E-state index is 14.5. The first-order chi connectivity index (χ1) is 26.8. The van der Waals surface area contributed by atoms with Crippen molar-refractivity contribution in [3.63, 3.8) is 0 Å². The Morgan fingerprint density at radius 1 is 0.818 bits per heavy atom. The number of hydrogen-bond donors (Lipinski definition) is 2. The molecule has 2 aromatic heterocycles. The number of carbonyl (C=O) groups excluding carboxylic acids is 2. The molecule has 284 valence electrons. The zero-order valence-corrected chi connectivity index (χ0v) is 31.4. The molecule has 6 heterocycles. The maximum Gasteiger partial charge on any atom is 0.328 e. The number of hydrogen-bond acceptors (Lipinski definition) is 7. The molecular formula is C43H48FN9O2.